The number of ether oxygens (including phenoxy) is 1. The molecule has 6 heteroatoms. The minimum Gasteiger partial charge on any atom is -0.379 e. The van der Waals surface area contributed by atoms with Crippen molar-refractivity contribution in [3.8, 4) is 0 Å². The summed E-state index contributed by atoms with van der Waals surface area (Å²) < 4.78 is 5.51. The van der Waals surface area contributed by atoms with E-state index in [4.69, 9.17) is 9.73 Å². The highest BCUT2D eigenvalue weighted by molar-refractivity contribution is 14.0. The fourth-order valence-corrected chi connectivity index (χ4v) is 4.54. The molecule has 1 aliphatic carbocycles. The van der Waals surface area contributed by atoms with Crippen LogP contribution >= 0.6 is 24.0 Å². The highest BCUT2D eigenvalue weighted by Crippen LogP contribution is 2.23. The molecule has 3 fully saturated rings. The molecule has 1 unspecified atom stereocenters. The Morgan fingerprint density at radius 3 is 2.38 bits per heavy atom. The molecule has 1 atom stereocenters. The van der Waals surface area contributed by atoms with Gasteiger partial charge < -0.3 is 15.0 Å². The second-order valence-electron chi connectivity index (χ2n) is 7.94. The van der Waals surface area contributed by atoms with Crippen molar-refractivity contribution >= 4 is 29.9 Å². The molecule has 2 aliphatic heterocycles. The van der Waals surface area contributed by atoms with E-state index in [1.807, 2.05) is 0 Å². The fraction of sp³-hybridized carbons (Fsp3) is 0.950. The Labute approximate surface area is 177 Å². The first kappa shape index (κ1) is 22.2. The summed E-state index contributed by atoms with van der Waals surface area (Å²) in [6.45, 7) is 10.4. The molecule has 3 aliphatic rings. The molecule has 0 aromatic carbocycles. The van der Waals surface area contributed by atoms with E-state index in [2.05, 4.69) is 22.0 Å². The number of likely N-dealkylation sites (tertiary alicyclic amines) is 1. The summed E-state index contributed by atoms with van der Waals surface area (Å²) in [5, 5.41) is 3.55. The quantitative estimate of drug-likeness (QED) is 0.382. The smallest absolute Gasteiger partial charge is 0.193 e. The molecule has 1 saturated carbocycles. The van der Waals surface area contributed by atoms with Crippen molar-refractivity contribution in [2.75, 3.05) is 52.5 Å². The van der Waals surface area contributed by atoms with Gasteiger partial charge in [-0.25, -0.2) is 0 Å². The van der Waals surface area contributed by atoms with E-state index in [1.165, 1.54) is 51.4 Å². The SMILES string of the molecule is CCNC(=NCC1CCCCCCC1)N1CCC(N2CCOCC2)C1.I. The summed E-state index contributed by atoms with van der Waals surface area (Å²) in [6, 6.07) is 0.675. The van der Waals surface area contributed by atoms with Gasteiger partial charge in [-0.05, 0) is 32.1 Å². The zero-order chi connectivity index (χ0) is 17.3. The molecule has 0 amide bonds. The van der Waals surface area contributed by atoms with Crippen LogP contribution in [-0.2, 0) is 4.74 Å². The number of aliphatic imine (C=N–C) groups is 1. The predicted octanol–water partition coefficient (Wildman–Crippen LogP) is 3.34. The molecule has 1 N–H and O–H groups in total. The van der Waals surface area contributed by atoms with Crippen molar-refractivity contribution in [1.82, 2.24) is 15.1 Å². The van der Waals surface area contributed by atoms with E-state index >= 15 is 0 Å². The van der Waals surface area contributed by atoms with Crippen molar-refractivity contribution in [1.29, 1.82) is 0 Å². The van der Waals surface area contributed by atoms with Gasteiger partial charge in [-0.15, -0.1) is 24.0 Å². The molecular formula is C20H39IN4O. The standard InChI is InChI=1S/C20H38N4O.HI/c1-2-21-20(22-16-18-8-6-4-3-5-7-9-18)24-11-10-19(17-24)23-12-14-25-15-13-23;/h18-19H,2-17H2,1H3,(H,21,22);1H. The Balaban J connectivity index is 0.00000243. The molecule has 26 heavy (non-hydrogen) atoms. The molecule has 2 heterocycles. The molecule has 0 radical (unpaired) electrons. The van der Waals surface area contributed by atoms with Gasteiger partial charge in [0.1, 0.15) is 0 Å². The van der Waals surface area contributed by atoms with Crippen LogP contribution in [0.3, 0.4) is 0 Å². The van der Waals surface area contributed by atoms with Gasteiger partial charge in [-0.1, -0.05) is 32.1 Å². The van der Waals surface area contributed by atoms with Gasteiger partial charge in [-0.3, -0.25) is 9.89 Å². The normalized spacial score (nSPS) is 26.9. The Kier molecular flexibility index (Phi) is 10.6. The van der Waals surface area contributed by atoms with Crippen molar-refractivity contribution in [3.05, 3.63) is 0 Å². The summed E-state index contributed by atoms with van der Waals surface area (Å²) in [5.74, 6) is 1.95. The van der Waals surface area contributed by atoms with Gasteiger partial charge in [0.05, 0.1) is 13.2 Å². The van der Waals surface area contributed by atoms with Gasteiger partial charge in [-0.2, -0.15) is 0 Å². The maximum atomic E-state index is 5.51. The number of hydrogen-bond acceptors (Lipinski definition) is 3. The summed E-state index contributed by atoms with van der Waals surface area (Å²) in [6.07, 6.45) is 11.1. The lowest BCUT2D eigenvalue weighted by molar-refractivity contribution is 0.0195. The average Bonchev–Trinajstić information content (AvgIpc) is 3.10. The third kappa shape index (κ3) is 6.82. The minimum atomic E-state index is 0. The molecular weight excluding hydrogens is 439 g/mol. The van der Waals surface area contributed by atoms with E-state index in [0.29, 0.717) is 6.04 Å². The maximum absolute atomic E-state index is 5.51. The molecule has 0 aromatic rings. The van der Waals surface area contributed by atoms with Gasteiger partial charge in [0.25, 0.3) is 0 Å². The monoisotopic (exact) mass is 478 g/mol. The number of morpholine rings is 1. The molecule has 152 valence electrons. The van der Waals surface area contributed by atoms with Crippen LogP contribution in [0.4, 0.5) is 0 Å². The zero-order valence-electron chi connectivity index (χ0n) is 16.6. The first-order valence-corrected chi connectivity index (χ1v) is 10.7. The Morgan fingerprint density at radius 1 is 1.00 bits per heavy atom. The molecule has 2 saturated heterocycles. The third-order valence-electron chi connectivity index (χ3n) is 6.08. The van der Waals surface area contributed by atoms with Crippen molar-refractivity contribution in [3.63, 3.8) is 0 Å². The van der Waals surface area contributed by atoms with Crippen LogP contribution in [0.25, 0.3) is 0 Å². The van der Waals surface area contributed by atoms with Crippen LogP contribution in [0.2, 0.25) is 0 Å². The third-order valence-corrected chi connectivity index (χ3v) is 6.08. The summed E-state index contributed by atoms with van der Waals surface area (Å²) in [5.41, 5.74) is 0. The summed E-state index contributed by atoms with van der Waals surface area (Å²) in [4.78, 5) is 10.2. The molecule has 0 spiro atoms. The van der Waals surface area contributed by atoms with Crippen LogP contribution in [0.15, 0.2) is 4.99 Å². The average molecular weight is 478 g/mol. The predicted molar refractivity (Wildman–Crippen MR) is 120 cm³/mol. The van der Waals surface area contributed by atoms with Crippen LogP contribution in [-0.4, -0.2) is 74.3 Å². The van der Waals surface area contributed by atoms with Gasteiger partial charge in [0.15, 0.2) is 5.96 Å². The fourth-order valence-electron chi connectivity index (χ4n) is 4.54. The largest absolute Gasteiger partial charge is 0.379 e. The highest BCUT2D eigenvalue weighted by atomic mass is 127. The number of guanidine groups is 1. The summed E-state index contributed by atoms with van der Waals surface area (Å²) in [7, 11) is 0. The van der Waals surface area contributed by atoms with E-state index in [-0.39, 0.29) is 24.0 Å². The van der Waals surface area contributed by atoms with E-state index < -0.39 is 0 Å². The first-order chi connectivity index (χ1) is 12.4. The second kappa shape index (κ2) is 12.4. The zero-order valence-corrected chi connectivity index (χ0v) is 19.0. The molecule has 3 rings (SSSR count). The van der Waals surface area contributed by atoms with Crippen LogP contribution in [0.1, 0.15) is 58.3 Å². The number of nitrogens with one attached hydrogen (secondary N) is 1. The van der Waals surface area contributed by atoms with Gasteiger partial charge in [0, 0.05) is 45.3 Å². The lowest BCUT2D eigenvalue weighted by atomic mass is 9.91. The van der Waals surface area contributed by atoms with Crippen molar-refractivity contribution in [2.24, 2.45) is 10.9 Å². The van der Waals surface area contributed by atoms with Gasteiger partial charge in [0.2, 0.25) is 0 Å². The number of halogens is 1. The van der Waals surface area contributed by atoms with Gasteiger partial charge >= 0.3 is 0 Å². The molecule has 0 bridgehead atoms. The molecule has 5 nitrogen and oxygen atoms in total. The second-order valence-corrected chi connectivity index (χ2v) is 7.94. The van der Waals surface area contributed by atoms with E-state index in [0.717, 1.165) is 64.4 Å². The van der Waals surface area contributed by atoms with Crippen molar-refractivity contribution in [2.45, 2.75) is 64.3 Å². The highest BCUT2D eigenvalue weighted by Gasteiger charge is 2.30. The van der Waals surface area contributed by atoms with Crippen LogP contribution < -0.4 is 5.32 Å². The lowest BCUT2D eigenvalue weighted by Gasteiger charge is -2.32. The first-order valence-electron chi connectivity index (χ1n) is 10.7. The Morgan fingerprint density at radius 2 is 1.69 bits per heavy atom. The van der Waals surface area contributed by atoms with Crippen LogP contribution in [0, 0.1) is 5.92 Å². The lowest BCUT2D eigenvalue weighted by Crippen LogP contribution is -2.46. The Bertz CT molecular complexity index is 407. The Hall–Kier alpha value is -0.0800. The van der Waals surface area contributed by atoms with E-state index in [9.17, 15) is 0 Å². The number of hydrogen-bond donors (Lipinski definition) is 1. The topological polar surface area (TPSA) is 40.1 Å². The van der Waals surface area contributed by atoms with Crippen molar-refractivity contribution < 1.29 is 4.74 Å². The number of rotatable bonds is 4. The minimum absolute atomic E-state index is 0. The van der Waals surface area contributed by atoms with E-state index in [1.54, 1.807) is 0 Å². The number of nitrogens with zero attached hydrogens (tertiary/aromatic N) is 3. The van der Waals surface area contributed by atoms with Crippen LogP contribution in [0.5, 0.6) is 0 Å². The summed E-state index contributed by atoms with van der Waals surface area (Å²) >= 11 is 0. The molecule has 0 aromatic heterocycles. The maximum Gasteiger partial charge on any atom is 0.193 e.